The van der Waals surface area contributed by atoms with Crippen molar-refractivity contribution in [1.82, 2.24) is 4.98 Å². The molecule has 20 heavy (non-hydrogen) atoms. The molecule has 1 heterocycles. The normalized spacial score (nSPS) is 23.1. The Hall–Kier alpha value is -0.900. The predicted octanol–water partition coefficient (Wildman–Crippen LogP) is 4.48. The summed E-state index contributed by atoms with van der Waals surface area (Å²) < 4.78 is 0. The van der Waals surface area contributed by atoms with E-state index in [2.05, 4.69) is 32.7 Å². The third-order valence-electron chi connectivity index (χ3n) is 4.57. The number of aromatic nitrogens is 1. The molecule has 1 aromatic heterocycles. The van der Waals surface area contributed by atoms with Gasteiger partial charge in [-0.3, -0.25) is 4.79 Å². The zero-order valence-electron chi connectivity index (χ0n) is 13.1. The molecule has 0 aliphatic heterocycles. The molecule has 1 aliphatic carbocycles. The molecule has 1 fully saturated rings. The molecule has 0 amide bonds. The van der Waals surface area contributed by atoms with Gasteiger partial charge in [0.2, 0.25) is 0 Å². The lowest BCUT2D eigenvalue weighted by atomic mass is 9.84. The quantitative estimate of drug-likeness (QED) is 0.750. The molecule has 1 aliphatic rings. The molecule has 0 bridgehead atoms. The van der Waals surface area contributed by atoms with Crippen LogP contribution in [0, 0.1) is 5.92 Å². The van der Waals surface area contributed by atoms with Crippen LogP contribution in [0.4, 0.5) is 5.13 Å². The van der Waals surface area contributed by atoms with Crippen LogP contribution in [0.5, 0.6) is 0 Å². The van der Waals surface area contributed by atoms with Gasteiger partial charge >= 0.3 is 0 Å². The maximum Gasteiger partial charge on any atom is 0.186 e. The number of hydrogen-bond acceptors (Lipinski definition) is 4. The fraction of sp³-hybridized carbons (Fsp3) is 0.750. The van der Waals surface area contributed by atoms with Crippen LogP contribution in [-0.4, -0.2) is 24.4 Å². The molecule has 2 rings (SSSR count). The Balaban J connectivity index is 2.09. The molecule has 0 atom stereocenters. The van der Waals surface area contributed by atoms with E-state index >= 15 is 0 Å². The van der Waals surface area contributed by atoms with E-state index in [4.69, 9.17) is 4.98 Å². The first-order chi connectivity index (χ1) is 9.56. The first kappa shape index (κ1) is 15.5. The van der Waals surface area contributed by atoms with E-state index in [9.17, 15) is 4.79 Å². The summed E-state index contributed by atoms with van der Waals surface area (Å²) in [5, 5.41) is 1.01. The highest BCUT2D eigenvalue weighted by Gasteiger charge is 2.25. The van der Waals surface area contributed by atoms with Crippen LogP contribution in [0.3, 0.4) is 0 Å². The molecule has 1 aromatic rings. The number of thiazole rings is 1. The molecule has 112 valence electrons. The fourth-order valence-corrected chi connectivity index (χ4v) is 4.14. The average Bonchev–Trinajstić information content (AvgIpc) is 2.91. The van der Waals surface area contributed by atoms with Crippen molar-refractivity contribution in [1.29, 1.82) is 0 Å². The Bertz CT molecular complexity index is 447. The zero-order valence-corrected chi connectivity index (χ0v) is 13.9. The summed E-state index contributed by atoms with van der Waals surface area (Å²) in [6, 6.07) is 0.587. The minimum Gasteiger partial charge on any atom is -0.348 e. The first-order valence-electron chi connectivity index (χ1n) is 7.75. The van der Waals surface area contributed by atoms with Gasteiger partial charge < -0.3 is 4.90 Å². The van der Waals surface area contributed by atoms with Gasteiger partial charge in [-0.25, -0.2) is 4.98 Å². The zero-order chi connectivity index (χ0) is 14.7. The van der Waals surface area contributed by atoms with Gasteiger partial charge in [0.05, 0.1) is 10.6 Å². The van der Waals surface area contributed by atoms with E-state index < -0.39 is 0 Å². The topological polar surface area (TPSA) is 33.2 Å². The number of carbonyl (C=O) groups is 1. The number of nitrogens with zero attached hydrogens (tertiary/aromatic N) is 2. The number of carbonyl (C=O) groups excluding carboxylic acids is 1. The standard InChI is InChI=1S/C16H26N2OS/c1-5-12-6-8-13(9-7-12)18(4)16-17-15(11(2)3)14(10-19)20-16/h10-13H,5-9H2,1-4H3. The van der Waals surface area contributed by atoms with E-state index in [0.29, 0.717) is 12.0 Å². The van der Waals surface area contributed by atoms with Gasteiger partial charge in [-0.2, -0.15) is 0 Å². The maximum absolute atomic E-state index is 11.2. The summed E-state index contributed by atoms with van der Waals surface area (Å²) in [5.41, 5.74) is 0.953. The van der Waals surface area contributed by atoms with E-state index in [1.807, 2.05) is 0 Å². The maximum atomic E-state index is 11.2. The minimum absolute atomic E-state index is 0.310. The lowest BCUT2D eigenvalue weighted by Gasteiger charge is -2.34. The fourth-order valence-electron chi connectivity index (χ4n) is 3.08. The van der Waals surface area contributed by atoms with Crippen LogP contribution in [-0.2, 0) is 0 Å². The highest BCUT2D eigenvalue weighted by molar-refractivity contribution is 7.17. The van der Waals surface area contributed by atoms with Gasteiger partial charge in [-0.15, -0.1) is 0 Å². The van der Waals surface area contributed by atoms with Gasteiger partial charge in [-0.05, 0) is 37.5 Å². The lowest BCUT2D eigenvalue weighted by Crippen LogP contribution is -2.35. The van der Waals surface area contributed by atoms with Gasteiger partial charge in [0.1, 0.15) is 0 Å². The van der Waals surface area contributed by atoms with E-state index in [-0.39, 0.29) is 0 Å². The van der Waals surface area contributed by atoms with Crippen molar-refractivity contribution < 1.29 is 4.79 Å². The van der Waals surface area contributed by atoms with Crippen molar-refractivity contribution in [2.45, 2.75) is 64.8 Å². The van der Waals surface area contributed by atoms with Crippen LogP contribution in [0.2, 0.25) is 0 Å². The van der Waals surface area contributed by atoms with Gasteiger partial charge in [0.15, 0.2) is 11.4 Å². The highest BCUT2D eigenvalue weighted by atomic mass is 32.1. The van der Waals surface area contributed by atoms with Crippen molar-refractivity contribution in [2.75, 3.05) is 11.9 Å². The Labute approximate surface area is 126 Å². The van der Waals surface area contributed by atoms with E-state index in [0.717, 1.165) is 27.9 Å². The minimum atomic E-state index is 0.310. The van der Waals surface area contributed by atoms with Gasteiger partial charge in [-0.1, -0.05) is 38.5 Å². The Morgan fingerprint density at radius 1 is 1.35 bits per heavy atom. The van der Waals surface area contributed by atoms with Crippen molar-refractivity contribution in [3.05, 3.63) is 10.6 Å². The lowest BCUT2D eigenvalue weighted by molar-refractivity contribution is 0.112. The number of anilines is 1. The monoisotopic (exact) mass is 294 g/mol. The highest BCUT2D eigenvalue weighted by Crippen LogP contribution is 2.34. The summed E-state index contributed by atoms with van der Waals surface area (Å²) in [4.78, 5) is 19.0. The molecule has 1 saturated carbocycles. The van der Waals surface area contributed by atoms with E-state index in [1.54, 1.807) is 11.3 Å². The smallest absolute Gasteiger partial charge is 0.186 e. The molecule has 4 heteroatoms. The van der Waals surface area contributed by atoms with Gasteiger partial charge in [0.25, 0.3) is 0 Å². The Morgan fingerprint density at radius 2 is 2.00 bits per heavy atom. The average molecular weight is 294 g/mol. The third-order valence-corrected chi connectivity index (χ3v) is 5.65. The summed E-state index contributed by atoms with van der Waals surface area (Å²) in [7, 11) is 2.13. The van der Waals surface area contributed by atoms with Crippen molar-refractivity contribution in [2.24, 2.45) is 5.92 Å². The van der Waals surface area contributed by atoms with Crippen LogP contribution in [0.1, 0.15) is 74.2 Å². The summed E-state index contributed by atoms with van der Waals surface area (Å²) >= 11 is 1.54. The second-order valence-corrected chi connectivity index (χ2v) is 7.22. The summed E-state index contributed by atoms with van der Waals surface area (Å²) in [6.07, 6.45) is 7.42. The van der Waals surface area contributed by atoms with Crippen molar-refractivity contribution >= 4 is 22.8 Å². The summed E-state index contributed by atoms with van der Waals surface area (Å²) in [5.74, 6) is 1.22. The predicted molar refractivity (Wildman–Crippen MR) is 86.0 cm³/mol. The van der Waals surface area contributed by atoms with Crippen LogP contribution < -0.4 is 4.90 Å². The van der Waals surface area contributed by atoms with E-state index in [1.165, 1.54) is 32.1 Å². The molecule has 0 radical (unpaired) electrons. The van der Waals surface area contributed by atoms with Crippen LogP contribution in [0.25, 0.3) is 0 Å². The molecule has 0 unspecified atom stereocenters. The number of hydrogen-bond donors (Lipinski definition) is 0. The first-order valence-corrected chi connectivity index (χ1v) is 8.57. The second kappa shape index (κ2) is 6.70. The van der Waals surface area contributed by atoms with Crippen LogP contribution in [0.15, 0.2) is 0 Å². The number of rotatable bonds is 5. The van der Waals surface area contributed by atoms with Crippen molar-refractivity contribution in [3.63, 3.8) is 0 Å². The SMILES string of the molecule is CCC1CCC(N(C)c2nc(C(C)C)c(C=O)s2)CC1. The molecular formula is C16H26N2OS. The largest absolute Gasteiger partial charge is 0.348 e. The Morgan fingerprint density at radius 3 is 2.45 bits per heavy atom. The molecule has 0 N–H and O–H groups in total. The van der Waals surface area contributed by atoms with Gasteiger partial charge in [0, 0.05) is 13.1 Å². The molecule has 3 nitrogen and oxygen atoms in total. The van der Waals surface area contributed by atoms with Crippen molar-refractivity contribution in [3.8, 4) is 0 Å². The summed E-state index contributed by atoms with van der Waals surface area (Å²) in [6.45, 7) is 6.48. The second-order valence-electron chi connectivity index (χ2n) is 6.21. The Kier molecular flexibility index (Phi) is 5.19. The molecule has 0 spiro atoms. The third kappa shape index (κ3) is 3.22. The molecule has 0 saturated heterocycles. The molecular weight excluding hydrogens is 268 g/mol. The molecule has 0 aromatic carbocycles. The number of aldehydes is 1. The van der Waals surface area contributed by atoms with Crippen LogP contribution >= 0.6 is 11.3 Å².